The highest BCUT2D eigenvalue weighted by Gasteiger charge is 2.47. The number of carbonyl (C=O) groups is 1. The molecule has 1 N–H and O–H groups in total. The molecule has 1 saturated carbocycles. The minimum Gasteiger partial charge on any atom is -0.494 e. The first-order chi connectivity index (χ1) is 17.4. The number of aromatic nitrogens is 1. The number of nitrogens with one attached hydrogen (secondary N) is 1. The second-order valence-electron chi connectivity index (χ2n) is 10.3. The fraction of sp³-hybridized carbons (Fsp3) is 0.310. The highest BCUT2D eigenvalue weighted by molar-refractivity contribution is 6.11. The molecule has 4 aromatic rings. The normalized spacial score (nSPS) is 19.6. The molecule has 1 saturated heterocycles. The Morgan fingerprint density at radius 3 is 2.78 bits per heavy atom. The zero-order valence-corrected chi connectivity index (χ0v) is 23.0. The highest BCUT2D eigenvalue weighted by Crippen LogP contribution is 2.49. The monoisotopic (exact) mass is 497 g/mol. The molecule has 2 aromatic heterocycles. The first kappa shape index (κ1) is 23.0. The van der Waals surface area contributed by atoms with Crippen LogP contribution < -0.4 is 10.1 Å². The van der Waals surface area contributed by atoms with Crippen molar-refractivity contribution >= 4 is 27.1 Å². The molecule has 1 unspecified atom stereocenters. The van der Waals surface area contributed by atoms with Crippen LogP contribution in [0.5, 0.6) is 5.75 Å². The molecule has 1 amide bonds. The van der Waals surface area contributed by atoms with Crippen molar-refractivity contribution in [1.82, 2.24) is 15.2 Å². The Morgan fingerprint density at radius 1 is 1.22 bits per heavy atom. The number of ether oxygens (including phenoxy) is 1. The topological polar surface area (TPSA) is 67.6 Å². The Morgan fingerprint density at radius 2 is 2.08 bits per heavy atom. The molecule has 2 fully saturated rings. The van der Waals surface area contributed by atoms with Crippen LogP contribution in [0, 0.1) is 6.92 Å². The Balaban J connectivity index is 1.30. The third-order valence-electron chi connectivity index (χ3n) is 7.85. The van der Waals surface area contributed by atoms with E-state index < -0.39 is 5.54 Å². The van der Waals surface area contributed by atoms with E-state index in [0.29, 0.717) is 11.6 Å². The molecule has 184 valence electrons. The number of carbonyl (C=O) groups excluding carboxylic acids is 1. The second-order valence-corrected chi connectivity index (χ2v) is 11.4. The number of likely N-dealkylation sites (tertiary alicyclic amines) is 1. The molecule has 1 aliphatic heterocycles. The number of hydrogen-bond donors (Lipinski definition) is 1. The molecular formula is C29H31N3O3Si. The molecule has 2 atom stereocenters. The molecule has 0 spiro atoms. The van der Waals surface area contributed by atoms with Gasteiger partial charge in [-0.1, -0.05) is 12.1 Å². The van der Waals surface area contributed by atoms with Gasteiger partial charge in [0, 0.05) is 28.8 Å². The predicted molar refractivity (Wildman–Crippen MR) is 144 cm³/mol. The zero-order chi connectivity index (χ0) is 24.9. The van der Waals surface area contributed by atoms with Crippen molar-refractivity contribution < 1.29 is 13.9 Å². The Labute approximate surface area is 214 Å². The number of rotatable bonds is 7. The van der Waals surface area contributed by atoms with Crippen LogP contribution in [0.15, 0.2) is 71.7 Å². The summed E-state index contributed by atoms with van der Waals surface area (Å²) in [5.74, 6) is 0.708. The smallest absolute Gasteiger partial charge is 0.252 e. The molecule has 6 nitrogen and oxygen atoms in total. The Kier molecular flexibility index (Phi) is 5.69. The van der Waals surface area contributed by atoms with Gasteiger partial charge in [0.2, 0.25) is 0 Å². The maximum atomic E-state index is 13.6. The number of benzene rings is 2. The number of amides is 1. The number of furan rings is 1. The second kappa shape index (κ2) is 8.91. The molecule has 6 rings (SSSR count). The van der Waals surface area contributed by atoms with Crippen LogP contribution in [0.3, 0.4) is 0 Å². The van der Waals surface area contributed by atoms with Crippen LogP contribution >= 0.6 is 0 Å². The summed E-state index contributed by atoms with van der Waals surface area (Å²) in [5, 5.41) is 4.46. The molecule has 2 aromatic carbocycles. The number of likely N-dealkylation sites (N-methyl/N-ethyl adjacent to an activating group) is 1. The molecule has 0 radical (unpaired) electrons. The number of nitrogens with zero attached hydrogens (tertiary/aromatic N) is 2. The lowest BCUT2D eigenvalue weighted by Gasteiger charge is -2.41. The summed E-state index contributed by atoms with van der Waals surface area (Å²) < 4.78 is 11.6. The maximum absolute atomic E-state index is 13.6. The standard InChI is InChI=1S/C29H31N3O3Si/c1-18-5-6-21(35-28(36)26-7-12-32(26)2)16-23(18)27(33)31-29(9-10-29)24-14-20(19-8-13-34-17-19)15-25-22(24)4-3-11-30-25/h3-6,8,11,13-17,26,28H,7,9-10,12H2,1-2,36H3,(H,31,33)/t26-,28?/m0/s1. The third kappa shape index (κ3) is 4.12. The summed E-state index contributed by atoms with van der Waals surface area (Å²) in [4.78, 5) is 20.6. The van der Waals surface area contributed by atoms with Crippen molar-refractivity contribution in [3.63, 3.8) is 0 Å². The minimum absolute atomic E-state index is 0.0631. The average Bonchev–Trinajstić information content (AvgIpc) is 3.42. The fourth-order valence-electron chi connectivity index (χ4n) is 5.39. The summed E-state index contributed by atoms with van der Waals surface area (Å²) in [5.41, 5.74) is 5.48. The quantitative estimate of drug-likeness (QED) is 0.391. The Hall–Kier alpha value is -3.42. The summed E-state index contributed by atoms with van der Waals surface area (Å²) >= 11 is 0. The summed E-state index contributed by atoms with van der Waals surface area (Å²) in [7, 11) is 3.09. The van der Waals surface area contributed by atoms with E-state index in [9.17, 15) is 4.79 Å². The minimum atomic E-state index is -0.406. The van der Waals surface area contributed by atoms with Crippen LogP contribution in [0.2, 0.25) is 0 Å². The highest BCUT2D eigenvalue weighted by atomic mass is 28.1. The summed E-state index contributed by atoms with van der Waals surface area (Å²) in [6.45, 7) is 3.11. The van der Waals surface area contributed by atoms with E-state index in [0.717, 1.165) is 68.5 Å². The van der Waals surface area contributed by atoms with Crippen LogP contribution in [-0.2, 0) is 5.54 Å². The van der Waals surface area contributed by atoms with Gasteiger partial charge >= 0.3 is 0 Å². The van der Waals surface area contributed by atoms with Crippen molar-refractivity contribution in [3.05, 3.63) is 83.9 Å². The SMILES string of the molecule is Cc1ccc(OC([SiH3])[C@@H]2CCN2C)cc1C(=O)NC1(c2cc(-c3ccoc3)cc3ncccc23)CC1. The number of pyridine rings is 1. The lowest BCUT2D eigenvalue weighted by Crippen LogP contribution is -2.53. The van der Waals surface area contributed by atoms with Gasteiger partial charge in [-0.15, -0.1) is 0 Å². The lowest BCUT2D eigenvalue weighted by molar-refractivity contribution is 0.0562. The van der Waals surface area contributed by atoms with Gasteiger partial charge in [-0.25, -0.2) is 0 Å². The van der Waals surface area contributed by atoms with Gasteiger partial charge in [0.15, 0.2) is 0 Å². The summed E-state index contributed by atoms with van der Waals surface area (Å²) in [6, 6.07) is 16.6. The first-order valence-electron chi connectivity index (χ1n) is 12.7. The van der Waals surface area contributed by atoms with E-state index in [1.807, 2.05) is 43.5 Å². The van der Waals surface area contributed by atoms with Crippen molar-refractivity contribution in [2.24, 2.45) is 0 Å². The predicted octanol–water partition coefficient (Wildman–Crippen LogP) is 4.00. The average molecular weight is 498 g/mol. The van der Waals surface area contributed by atoms with E-state index in [-0.39, 0.29) is 11.6 Å². The molecule has 2 aliphatic rings. The van der Waals surface area contributed by atoms with Gasteiger partial charge in [-0.2, -0.15) is 0 Å². The Bertz CT molecular complexity index is 1430. The van der Waals surface area contributed by atoms with Crippen LogP contribution in [0.4, 0.5) is 0 Å². The van der Waals surface area contributed by atoms with Crippen LogP contribution in [0.25, 0.3) is 22.0 Å². The third-order valence-corrected chi connectivity index (χ3v) is 8.86. The molecule has 0 bridgehead atoms. The van der Waals surface area contributed by atoms with E-state index in [2.05, 4.69) is 40.4 Å². The van der Waals surface area contributed by atoms with E-state index in [1.165, 1.54) is 6.42 Å². The fourth-order valence-corrected chi connectivity index (χ4v) is 6.50. The maximum Gasteiger partial charge on any atom is 0.252 e. The van der Waals surface area contributed by atoms with Gasteiger partial charge in [0.05, 0.1) is 39.6 Å². The molecular weight excluding hydrogens is 466 g/mol. The largest absolute Gasteiger partial charge is 0.494 e. The van der Waals surface area contributed by atoms with Crippen molar-refractivity contribution in [2.75, 3.05) is 13.6 Å². The number of hydrogen-bond acceptors (Lipinski definition) is 5. The lowest BCUT2D eigenvalue weighted by atomic mass is 9.94. The van der Waals surface area contributed by atoms with Gasteiger partial charge in [-0.3, -0.25) is 9.78 Å². The van der Waals surface area contributed by atoms with Crippen molar-refractivity contribution in [3.8, 4) is 16.9 Å². The molecule has 3 heterocycles. The molecule has 36 heavy (non-hydrogen) atoms. The van der Waals surface area contributed by atoms with Crippen molar-refractivity contribution in [2.45, 2.75) is 43.5 Å². The summed E-state index contributed by atoms with van der Waals surface area (Å²) in [6.07, 6.45) is 8.19. The number of fused-ring (bicyclic) bond motifs is 1. The van der Waals surface area contributed by atoms with Crippen LogP contribution in [-0.4, -0.2) is 51.4 Å². The van der Waals surface area contributed by atoms with E-state index in [1.54, 1.807) is 12.5 Å². The number of aryl methyl sites for hydroxylation is 1. The van der Waals surface area contributed by atoms with E-state index in [4.69, 9.17) is 9.15 Å². The van der Waals surface area contributed by atoms with Gasteiger partial charge in [0.25, 0.3) is 5.91 Å². The van der Waals surface area contributed by atoms with Gasteiger partial charge in [-0.05, 0) is 92.9 Å². The van der Waals surface area contributed by atoms with E-state index >= 15 is 0 Å². The zero-order valence-electron chi connectivity index (χ0n) is 21.0. The van der Waals surface area contributed by atoms with Crippen molar-refractivity contribution in [1.29, 1.82) is 0 Å². The van der Waals surface area contributed by atoms with Crippen LogP contribution in [0.1, 0.15) is 40.7 Å². The molecule has 7 heteroatoms. The molecule has 1 aliphatic carbocycles. The first-order valence-corrected chi connectivity index (χ1v) is 13.8. The van der Waals surface area contributed by atoms with Gasteiger partial charge in [0.1, 0.15) is 5.75 Å². The van der Waals surface area contributed by atoms with Gasteiger partial charge < -0.3 is 19.4 Å².